The van der Waals surface area contributed by atoms with Crippen LogP contribution in [0.5, 0.6) is 0 Å². The van der Waals surface area contributed by atoms with Gasteiger partial charge in [0.1, 0.15) is 0 Å². The molecule has 0 radical (unpaired) electrons. The number of aromatic nitrogens is 5. The summed E-state index contributed by atoms with van der Waals surface area (Å²) in [7, 11) is 3.42. The second kappa shape index (κ2) is 7.89. The molecule has 1 N–H and O–H groups in total. The fourth-order valence-corrected chi connectivity index (χ4v) is 5.03. The van der Waals surface area contributed by atoms with Crippen molar-refractivity contribution in [3.8, 4) is 11.3 Å². The molecule has 5 rings (SSSR count). The van der Waals surface area contributed by atoms with Crippen molar-refractivity contribution >= 4 is 11.8 Å². The molecule has 2 aromatic heterocycles. The van der Waals surface area contributed by atoms with Crippen LogP contribution in [-0.2, 0) is 0 Å². The van der Waals surface area contributed by atoms with Gasteiger partial charge in [-0.1, -0.05) is 35.5 Å². The van der Waals surface area contributed by atoms with Crippen molar-refractivity contribution in [3.05, 3.63) is 54.0 Å². The van der Waals surface area contributed by atoms with Crippen LogP contribution in [0.15, 0.2) is 42.7 Å². The second-order valence-electron chi connectivity index (χ2n) is 9.02. The number of rotatable bonds is 4. The SMILES string of the molecule is CN(C)C(=O)c1cn(C2CCC23CCN(C(=O)c2cn[nH]c2-c2ccccc2)CC3)nn1. The van der Waals surface area contributed by atoms with E-state index in [1.165, 1.54) is 4.90 Å². The van der Waals surface area contributed by atoms with Gasteiger partial charge in [0.05, 0.1) is 29.7 Å². The van der Waals surface area contributed by atoms with Gasteiger partial charge in [0.2, 0.25) is 0 Å². The molecule has 2 fully saturated rings. The lowest BCUT2D eigenvalue weighted by atomic mass is 9.59. The van der Waals surface area contributed by atoms with E-state index in [9.17, 15) is 9.59 Å². The minimum absolute atomic E-state index is 0.0166. The molecule has 1 aliphatic heterocycles. The molecular formula is C23H27N7O2. The van der Waals surface area contributed by atoms with Crippen LogP contribution in [0, 0.1) is 5.41 Å². The molecule has 1 aromatic carbocycles. The first-order valence-corrected chi connectivity index (χ1v) is 11.0. The van der Waals surface area contributed by atoms with Crippen LogP contribution in [0.1, 0.15) is 52.6 Å². The van der Waals surface area contributed by atoms with Gasteiger partial charge in [0.25, 0.3) is 11.8 Å². The van der Waals surface area contributed by atoms with Crippen molar-refractivity contribution in [2.45, 2.75) is 31.7 Å². The predicted molar refractivity (Wildman–Crippen MR) is 118 cm³/mol. The van der Waals surface area contributed by atoms with Crippen LogP contribution in [0.25, 0.3) is 11.3 Å². The molecule has 2 aliphatic rings. The van der Waals surface area contributed by atoms with E-state index in [1.807, 2.05) is 39.9 Å². The number of nitrogens with one attached hydrogen (secondary N) is 1. The zero-order valence-electron chi connectivity index (χ0n) is 18.4. The molecule has 3 heterocycles. The number of likely N-dealkylation sites (tertiary alicyclic amines) is 1. The summed E-state index contributed by atoms with van der Waals surface area (Å²) in [5.41, 5.74) is 2.81. The van der Waals surface area contributed by atoms with Gasteiger partial charge in [-0.25, -0.2) is 4.68 Å². The predicted octanol–water partition coefficient (Wildman–Crippen LogP) is 2.63. The summed E-state index contributed by atoms with van der Waals surface area (Å²) in [6, 6.07) is 10.0. The highest BCUT2D eigenvalue weighted by molar-refractivity contribution is 5.99. The highest BCUT2D eigenvalue weighted by Crippen LogP contribution is 2.56. The molecule has 1 unspecified atom stereocenters. The van der Waals surface area contributed by atoms with Crippen molar-refractivity contribution in [1.82, 2.24) is 35.0 Å². The van der Waals surface area contributed by atoms with E-state index in [0.717, 1.165) is 36.9 Å². The summed E-state index contributed by atoms with van der Waals surface area (Å²) in [6.45, 7) is 1.40. The Hall–Kier alpha value is -3.49. The molecule has 32 heavy (non-hydrogen) atoms. The quantitative estimate of drug-likeness (QED) is 0.682. The molecule has 1 saturated carbocycles. The normalized spacial score (nSPS) is 19.6. The van der Waals surface area contributed by atoms with Gasteiger partial charge in [0.15, 0.2) is 5.69 Å². The first kappa shape index (κ1) is 20.4. The first-order valence-electron chi connectivity index (χ1n) is 11.0. The van der Waals surface area contributed by atoms with Gasteiger partial charge in [0, 0.05) is 32.7 Å². The Morgan fingerprint density at radius 1 is 1.12 bits per heavy atom. The van der Waals surface area contributed by atoms with Crippen LogP contribution >= 0.6 is 0 Å². The summed E-state index contributed by atoms with van der Waals surface area (Å²) in [6.07, 6.45) is 7.35. The van der Waals surface area contributed by atoms with Crippen molar-refractivity contribution in [3.63, 3.8) is 0 Å². The Kier molecular flexibility index (Phi) is 5.03. The molecule has 9 nitrogen and oxygen atoms in total. The molecule has 1 atom stereocenters. The van der Waals surface area contributed by atoms with E-state index < -0.39 is 0 Å². The smallest absolute Gasteiger partial charge is 0.275 e. The Labute approximate surface area is 186 Å². The van der Waals surface area contributed by atoms with E-state index in [0.29, 0.717) is 24.3 Å². The maximum absolute atomic E-state index is 13.3. The standard InChI is InChI=1S/C23H27N7O2/c1-28(2)22(32)18-15-30(27-25-18)19-8-9-23(19)10-12-29(13-11-23)21(31)17-14-24-26-20(17)16-6-4-3-5-7-16/h3-7,14-15,19H,8-13H2,1-2H3,(H,24,26). The van der Waals surface area contributed by atoms with Crippen molar-refractivity contribution in [2.24, 2.45) is 5.41 Å². The third kappa shape index (κ3) is 3.37. The van der Waals surface area contributed by atoms with Gasteiger partial charge in [-0.2, -0.15) is 5.10 Å². The summed E-state index contributed by atoms with van der Waals surface area (Å²) in [5, 5.41) is 15.4. The average molecular weight is 434 g/mol. The van der Waals surface area contributed by atoms with E-state index in [4.69, 9.17) is 0 Å². The van der Waals surface area contributed by atoms with Gasteiger partial charge < -0.3 is 9.80 Å². The van der Waals surface area contributed by atoms with E-state index in [2.05, 4.69) is 20.5 Å². The second-order valence-corrected chi connectivity index (χ2v) is 9.02. The van der Waals surface area contributed by atoms with E-state index in [1.54, 1.807) is 26.5 Å². The number of nitrogens with zero attached hydrogens (tertiary/aromatic N) is 6. The lowest BCUT2D eigenvalue weighted by molar-refractivity contribution is -0.0268. The van der Waals surface area contributed by atoms with E-state index >= 15 is 0 Å². The Morgan fingerprint density at radius 2 is 1.88 bits per heavy atom. The summed E-state index contributed by atoms with van der Waals surface area (Å²) < 4.78 is 1.86. The first-order chi connectivity index (χ1) is 15.5. The Morgan fingerprint density at radius 3 is 2.53 bits per heavy atom. The van der Waals surface area contributed by atoms with Crippen LogP contribution in [-0.4, -0.2) is 74.0 Å². The number of hydrogen-bond donors (Lipinski definition) is 1. The zero-order valence-corrected chi connectivity index (χ0v) is 18.4. The van der Waals surface area contributed by atoms with Gasteiger partial charge in [-0.05, 0) is 31.1 Å². The van der Waals surface area contributed by atoms with Crippen LogP contribution < -0.4 is 0 Å². The topological polar surface area (TPSA) is 100 Å². The lowest BCUT2D eigenvalue weighted by Gasteiger charge is -2.53. The third-order valence-electron chi connectivity index (χ3n) is 7.06. The Bertz CT molecular complexity index is 1130. The molecule has 2 amide bonds. The molecule has 9 heteroatoms. The summed E-state index contributed by atoms with van der Waals surface area (Å²) in [4.78, 5) is 28.9. The van der Waals surface area contributed by atoms with Crippen LogP contribution in [0.4, 0.5) is 0 Å². The maximum atomic E-state index is 13.3. The maximum Gasteiger partial charge on any atom is 0.275 e. The zero-order chi connectivity index (χ0) is 22.3. The molecule has 1 saturated heterocycles. The number of H-pyrrole nitrogens is 1. The van der Waals surface area contributed by atoms with Crippen LogP contribution in [0.2, 0.25) is 0 Å². The fraction of sp³-hybridized carbons (Fsp3) is 0.435. The minimum atomic E-state index is -0.139. The molecule has 3 aromatic rings. The fourth-order valence-electron chi connectivity index (χ4n) is 5.03. The minimum Gasteiger partial charge on any atom is -0.343 e. The molecule has 1 aliphatic carbocycles. The number of piperidine rings is 1. The number of aromatic amines is 1. The van der Waals surface area contributed by atoms with Gasteiger partial charge in [-0.3, -0.25) is 14.7 Å². The highest BCUT2D eigenvalue weighted by atomic mass is 16.2. The molecule has 0 bridgehead atoms. The third-order valence-corrected chi connectivity index (χ3v) is 7.06. The lowest BCUT2D eigenvalue weighted by Crippen LogP contribution is -2.51. The van der Waals surface area contributed by atoms with Crippen molar-refractivity contribution in [1.29, 1.82) is 0 Å². The van der Waals surface area contributed by atoms with Gasteiger partial charge >= 0.3 is 0 Å². The number of amides is 2. The van der Waals surface area contributed by atoms with Crippen LogP contribution in [0.3, 0.4) is 0 Å². The largest absolute Gasteiger partial charge is 0.343 e. The van der Waals surface area contributed by atoms with Crippen molar-refractivity contribution < 1.29 is 9.59 Å². The van der Waals surface area contributed by atoms with Gasteiger partial charge in [-0.15, -0.1) is 5.10 Å². The number of hydrogen-bond acceptors (Lipinski definition) is 5. The monoisotopic (exact) mass is 433 g/mol. The summed E-state index contributed by atoms with van der Waals surface area (Å²) in [5.74, 6) is -0.123. The number of benzene rings is 1. The number of carbonyl (C=O) groups is 2. The average Bonchev–Trinajstić information content (AvgIpc) is 3.48. The molecule has 166 valence electrons. The van der Waals surface area contributed by atoms with Crippen molar-refractivity contribution in [2.75, 3.05) is 27.2 Å². The number of carbonyl (C=O) groups excluding carboxylic acids is 2. The highest BCUT2D eigenvalue weighted by Gasteiger charge is 2.50. The molecule has 1 spiro atoms. The Balaban J connectivity index is 1.27. The summed E-state index contributed by atoms with van der Waals surface area (Å²) >= 11 is 0. The van der Waals surface area contributed by atoms with E-state index in [-0.39, 0.29) is 23.3 Å². The molecular weight excluding hydrogens is 406 g/mol.